The quantitative estimate of drug-likeness (QED) is 0.760. The van der Waals surface area contributed by atoms with Crippen LogP contribution in [0.4, 0.5) is 18.9 Å². The number of carbonyl (C=O) groups is 1. The first-order chi connectivity index (χ1) is 11.2. The van der Waals surface area contributed by atoms with Crippen molar-refractivity contribution in [1.82, 2.24) is 9.78 Å². The predicted octanol–water partition coefficient (Wildman–Crippen LogP) is 4.12. The number of carbonyl (C=O) groups excluding carboxylic acids is 1. The van der Waals surface area contributed by atoms with Gasteiger partial charge in [0.05, 0.1) is 29.4 Å². The number of halogens is 4. The number of nitrogens with zero attached hydrogens (tertiary/aromatic N) is 2. The molecule has 1 aromatic heterocycles. The Balaban J connectivity index is 2.06. The van der Waals surface area contributed by atoms with Crippen molar-refractivity contribution in [1.29, 1.82) is 0 Å². The summed E-state index contributed by atoms with van der Waals surface area (Å²) in [4.78, 5) is 11.8. The summed E-state index contributed by atoms with van der Waals surface area (Å²) < 4.78 is 44.3. The lowest BCUT2D eigenvalue weighted by Crippen LogP contribution is -2.21. The number of hydrogen-bond donors (Lipinski definition) is 1. The summed E-state index contributed by atoms with van der Waals surface area (Å²) in [5.41, 5.74) is 0.116. The smallest absolute Gasteiger partial charge is 0.416 e. The molecule has 0 fully saturated rings. The van der Waals surface area contributed by atoms with Gasteiger partial charge in [0, 0.05) is 12.2 Å². The molecule has 0 unspecified atom stereocenters. The van der Waals surface area contributed by atoms with E-state index in [9.17, 15) is 18.0 Å². The molecule has 0 saturated carbocycles. The maximum Gasteiger partial charge on any atom is 0.416 e. The third-order valence-corrected chi connectivity index (χ3v) is 3.94. The standard InChI is InChI=1S/C15H15BrF3N3O2/c1-9(22-13(14(23)24-2)12(16)8-21-22)7-20-11-5-3-10(4-6-11)15(17,18)19/h3-6,8-9,20H,7H2,1-2H3/t9-/m0/s1. The van der Waals surface area contributed by atoms with E-state index in [2.05, 4.69) is 26.3 Å². The van der Waals surface area contributed by atoms with Crippen LogP contribution in [-0.4, -0.2) is 29.4 Å². The van der Waals surface area contributed by atoms with E-state index in [4.69, 9.17) is 4.74 Å². The van der Waals surface area contributed by atoms with Crippen LogP contribution < -0.4 is 5.32 Å². The molecule has 1 aromatic carbocycles. The molecule has 0 amide bonds. The van der Waals surface area contributed by atoms with Crippen molar-refractivity contribution >= 4 is 27.6 Å². The van der Waals surface area contributed by atoms with Gasteiger partial charge in [0.25, 0.3) is 0 Å². The van der Waals surface area contributed by atoms with E-state index in [0.717, 1.165) is 12.1 Å². The third-order valence-electron chi connectivity index (χ3n) is 3.36. The summed E-state index contributed by atoms with van der Waals surface area (Å²) >= 11 is 3.24. The summed E-state index contributed by atoms with van der Waals surface area (Å²) in [5.74, 6) is -0.527. The van der Waals surface area contributed by atoms with E-state index >= 15 is 0 Å². The van der Waals surface area contributed by atoms with Crippen LogP contribution in [0.5, 0.6) is 0 Å². The highest BCUT2D eigenvalue weighted by molar-refractivity contribution is 9.10. The molecule has 9 heteroatoms. The van der Waals surface area contributed by atoms with Crippen LogP contribution >= 0.6 is 15.9 Å². The van der Waals surface area contributed by atoms with Crippen LogP contribution in [0, 0.1) is 0 Å². The van der Waals surface area contributed by atoms with E-state index < -0.39 is 17.7 Å². The first-order valence-electron chi connectivity index (χ1n) is 6.96. The maximum atomic E-state index is 12.5. The predicted molar refractivity (Wildman–Crippen MR) is 85.9 cm³/mol. The summed E-state index contributed by atoms with van der Waals surface area (Å²) in [6.45, 7) is 2.19. The van der Waals surface area contributed by atoms with Crippen molar-refractivity contribution in [3.8, 4) is 0 Å². The Morgan fingerprint density at radius 1 is 1.38 bits per heavy atom. The number of alkyl halides is 3. The van der Waals surface area contributed by atoms with Crippen molar-refractivity contribution in [2.75, 3.05) is 19.0 Å². The minimum Gasteiger partial charge on any atom is -0.464 e. The number of esters is 1. The molecule has 0 saturated heterocycles. The van der Waals surface area contributed by atoms with E-state index in [1.165, 1.54) is 30.1 Å². The average molecular weight is 406 g/mol. The van der Waals surface area contributed by atoms with Crippen molar-refractivity contribution in [3.05, 3.63) is 46.2 Å². The van der Waals surface area contributed by atoms with Gasteiger partial charge in [0.1, 0.15) is 0 Å². The second-order valence-corrected chi connectivity index (χ2v) is 5.94. The third kappa shape index (κ3) is 4.08. The van der Waals surface area contributed by atoms with Crippen molar-refractivity contribution in [2.24, 2.45) is 0 Å². The Morgan fingerprint density at radius 2 is 2.00 bits per heavy atom. The molecule has 5 nitrogen and oxygen atoms in total. The van der Waals surface area contributed by atoms with Gasteiger partial charge in [-0.1, -0.05) is 0 Å². The minimum atomic E-state index is -4.36. The molecule has 0 aliphatic heterocycles. The molecular weight excluding hydrogens is 391 g/mol. The van der Waals surface area contributed by atoms with E-state index in [-0.39, 0.29) is 11.7 Å². The van der Waals surface area contributed by atoms with Gasteiger partial charge < -0.3 is 10.1 Å². The minimum absolute atomic E-state index is 0.229. The number of rotatable bonds is 5. The molecule has 0 aliphatic rings. The molecule has 1 atom stereocenters. The van der Waals surface area contributed by atoms with Crippen LogP contribution in [0.15, 0.2) is 34.9 Å². The Morgan fingerprint density at radius 3 is 2.54 bits per heavy atom. The number of benzene rings is 1. The van der Waals surface area contributed by atoms with E-state index in [1.54, 1.807) is 0 Å². The van der Waals surface area contributed by atoms with E-state index in [0.29, 0.717) is 16.7 Å². The van der Waals surface area contributed by atoms with Crippen LogP contribution in [0.1, 0.15) is 29.0 Å². The zero-order valence-corrected chi connectivity index (χ0v) is 14.5. The lowest BCUT2D eigenvalue weighted by atomic mass is 10.2. The fourth-order valence-electron chi connectivity index (χ4n) is 2.09. The first-order valence-corrected chi connectivity index (χ1v) is 7.75. The van der Waals surface area contributed by atoms with Gasteiger partial charge in [-0.25, -0.2) is 4.79 Å². The summed E-state index contributed by atoms with van der Waals surface area (Å²) in [6.07, 6.45) is -2.87. The summed E-state index contributed by atoms with van der Waals surface area (Å²) in [5, 5.41) is 7.14. The van der Waals surface area contributed by atoms with Gasteiger partial charge in [0.15, 0.2) is 5.69 Å². The molecule has 1 N–H and O–H groups in total. The van der Waals surface area contributed by atoms with Crippen molar-refractivity contribution in [3.63, 3.8) is 0 Å². The molecule has 1 heterocycles. The number of ether oxygens (including phenoxy) is 1. The highest BCUT2D eigenvalue weighted by Crippen LogP contribution is 2.30. The molecule has 0 aliphatic carbocycles. The van der Waals surface area contributed by atoms with E-state index in [1.807, 2.05) is 6.92 Å². The van der Waals surface area contributed by atoms with Gasteiger partial charge in [-0.15, -0.1) is 0 Å². The monoisotopic (exact) mass is 405 g/mol. The Labute approximate surface area is 144 Å². The zero-order chi connectivity index (χ0) is 17.9. The van der Waals surface area contributed by atoms with Gasteiger partial charge in [-0.2, -0.15) is 18.3 Å². The second-order valence-electron chi connectivity index (χ2n) is 5.08. The lowest BCUT2D eigenvalue weighted by Gasteiger charge is -2.17. The van der Waals surface area contributed by atoms with Crippen LogP contribution in [0.2, 0.25) is 0 Å². The van der Waals surface area contributed by atoms with Gasteiger partial charge in [0.2, 0.25) is 0 Å². The molecule has 2 aromatic rings. The van der Waals surface area contributed by atoms with Crippen LogP contribution in [0.25, 0.3) is 0 Å². The van der Waals surface area contributed by atoms with Gasteiger partial charge >= 0.3 is 12.1 Å². The van der Waals surface area contributed by atoms with Gasteiger partial charge in [-0.3, -0.25) is 4.68 Å². The summed E-state index contributed by atoms with van der Waals surface area (Å²) in [6, 6.07) is 4.51. The number of aromatic nitrogens is 2. The molecule has 24 heavy (non-hydrogen) atoms. The molecule has 0 bridgehead atoms. The zero-order valence-electron chi connectivity index (χ0n) is 12.9. The van der Waals surface area contributed by atoms with Crippen LogP contribution in [-0.2, 0) is 10.9 Å². The number of hydrogen-bond acceptors (Lipinski definition) is 4. The highest BCUT2D eigenvalue weighted by atomic mass is 79.9. The molecular formula is C15H15BrF3N3O2. The molecule has 130 valence electrons. The number of nitrogens with one attached hydrogen (secondary N) is 1. The number of methoxy groups -OCH3 is 1. The molecule has 0 radical (unpaired) electrons. The maximum absolute atomic E-state index is 12.5. The first kappa shape index (κ1) is 18.3. The SMILES string of the molecule is COC(=O)c1c(Br)cnn1[C@@H](C)CNc1ccc(C(F)(F)F)cc1. The van der Waals surface area contributed by atoms with Crippen molar-refractivity contribution < 1.29 is 22.7 Å². The number of anilines is 1. The normalized spacial score (nSPS) is 12.8. The average Bonchev–Trinajstić information content (AvgIpc) is 2.93. The lowest BCUT2D eigenvalue weighted by molar-refractivity contribution is -0.137. The topological polar surface area (TPSA) is 56.1 Å². The largest absolute Gasteiger partial charge is 0.464 e. The second kappa shape index (κ2) is 7.25. The Hall–Kier alpha value is -2.03. The van der Waals surface area contributed by atoms with Crippen molar-refractivity contribution in [2.45, 2.75) is 19.1 Å². The highest BCUT2D eigenvalue weighted by Gasteiger charge is 2.30. The van der Waals surface area contributed by atoms with Gasteiger partial charge in [-0.05, 0) is 47.1 Å². The summed E-state index contributed by atoms with van der Waals surface area (Å²) in [7, 11) is 1.28. The Bertz CT molecular complexity index is 714. The fourth-order valence-corrected chi connectivity index (χ4v) is 2.53. The fraction of sp³-hybridized carbons (Fsp3) is 0.333. The Kier molecular flexibility index (Phi) is 5.53. The van der Waals surface area contributed by atoms with Crippen LogP contribution in [0.3, 0.4) is 0 Å². The molecule has 0 spiro atoms. The molecule has 2 rings (SSSR count).